The number of pyridine rings is 1. The summed E-state index contributed by atoms with van der Waals surface area (Å²) in [6, 6.07) is 5.33. The molecule has 0 aromatic carbocycles. The number of rotatable bonds is 2. The monoisotopic (exact) mass is 212 g/mol. The Bertz CT molecular complexity index is 638. The summed E-state index contributed by atoms with van der Waals surface area (Å²) in [6.07, 6.45) is 6.29. The SMILES string of the molecule is O=C(c1ccoc1)c1c[nH]c2ncccc12. The van der Waals surface area contributed by atoms with Crippen molar-refractivity contribution in [3.63, 3.8) is 0 Å². The number of ketones is 1. The number of furan rings is 1. The van der Waals surface area contributed by atoms with E-state index in [1.807, 2.05) is 12.1 Å². The molecule has 0 fully saturated rings. The van der Waals surface area contributed by atoms with Crippen LogP contribution in [0.1, 0.15) is 15.9 Å². The second-order valence-electron chi connectivity index (χ2n) is 3.44. The normalized spacial score (nSPS) is 10.8. The zero-order valence-corrected chi connectivity index (χ0v) is 8.31. The first-order valence-corrected chi connectivity index (χ1v) is 4.85. The van der Waals surface area contributed by atoms with Crippen LogP contribution in [0.5, 0.6) is 0 Å². The lowest BCUT2D eigenvalue weighted by Gasteiger charge is -1.94. The molecule has 0 atom stereocenters. The Hall–Kier alpha value is -2.36. The van der Waals surface area contributed by atoms with Gasteiger partial charge in [0, 0.05) is 23.3 Å². The van der Waals surface area contributed by atoms with Crippen LogP contribution in [0.4, 0.5) is 0 Å². The topological polar surface area (TPSA) is 58.9 Å². The second kappa shape index (κ2) is 3.34. The Kier molecular flexibility index (Phi) is 1.86. The fourth-order valence-electron chi connectivity index (χ4n) is 1.69. The summed E-state index contributed by atoms with van der Waals surface area (Å²) in [5, 5.41) is 0.828. The summed E-state index contributed by atoms with van der Waals surface area (Å²) < 4.78 is 4.90. The van der Waals surface area contributed by atoms with E-state index in [1.165, 1.54) is 12.5 Å². The van der Waals surface area contributed by atoms with Crippen molar-refractivity contribution in [2.24, 2.45) is 0 Å². The molecule has 0 aliphatic carbocycles. The van der Waals surface area contributed by atoms with Crippen LogP contribution in [0.2, 0.25) is 0 Å². The van der Waals surface area contributed by atoms with E-state index in [4.69, 9.17) is 4.42 Å². The summed E-state index contributed by atoms with van der Waals surface area (Å²) >= 11 is 0. The van der Waals surface area contributed by atoms with Crippen molar-refractivity contribution in [2.45, 2.75) is 0 Å². The first-order valence-electron chi connectivity index (χ1n) is 4.85. The molecule has 4 nitrogen and oxygen atoms in total. The third-order valence-corrected chi connectivity index (χ3v) is 2.48. The van der Waals surface area contributed by atoms with Crippen molar-refractivity contribution in [1.29, 1.82) is 0 Å². The number of fused-ring (bicyclic) bond motifs is 1. The summed E-state index contributed by atoms with van der Waals surface area (Å²) in [7, 11) is 0. The van der Waals surface area contributed by atoms with Crippen molar-refractivity contribution in [2.75, 3.05) is 0 Å². The van der Waals surface area contributed by atoms with Crippen molar-refractivity contribution in [3.8, 4) is 0 Å². The molecular weight excluding hydrogens is 204 g/mol. The molecule has 0 saturated carbocycles. The third kappa shape index (κ3) is 1.24. The van der Waals surface area contributed by atoms with Gasteiger partial charge in [-0.1, -0.05) is 0 Å². The number of carbonyl (C=O) groups is 1. The lowest BCUT2D eigenvalue weighted by atomic mass is 10.1. The van der Waals surface area contributed by atoms with Crippen LogP contribution in [0.15, 0.2) is 47.5 Å². The Balaban J connectivity index is 2.16. The van der Waals surface area contributed by atoms with Crippen molar-refractivity contribution in [1.82, 2.24) is 9.97 Å². The minimum absolute atomic E-state index is 0.0620. The highest BCUT2D eigenvalue weighted by molar-refractivity contribution is 6.15. The summed E-state index contributed by atoms with van der Waals surface area (Å²) in [6.45, 7) is 0. The third-order valence-electron chi connectivity index (χ3n) is 2.48. The first-order chi connectivity index (χ1) is 7.86. The maximum absolute atomic E-state index is 12.1. The molecular formula is C12H8N2O2. The molecule has 4 heteroatoms. The van der Waals surface area contributed by atoms with Gasteiger partial charge in [0.25, 0.3) is 0 Å². The molecule has 78 valence electrons. The van der Waals surface area contributed by atoms with Gasteiger partial charge in [0.15, 0.2) is 5.78 Å². The van der Waals surface area contributed by atoms with Gasteiger partial charge in [-0.2, -0.15) is 0 Å². The maximum Gasteiger partial charge on any atom is 0.198 e. The van der Waals surface area contributed by atoms with Gasteiger partial charge in [0.1, 0.15) is 11.9 Å². The quantitative estimate of drug-likeness (QED) is 0.663. The lowest BCUT2D eigenvalue weighted by molar-refractivity contribution is 0.103. The molecule has 0 radical (unpaired) electrons. The summed E-state index contributed by atoms with van der Waals surface area (Å²) in [5.74, 6) is -0.0620. The minimum Gasteiger partial charge on any atom is -0.472 e. The lowest BCUT2D eigenvalue weighted by Crippen LogP contribution is -1.97. The van der Waals surface area contributed by atoms with Crippen molar-refractivity contribution >= 4 is 16.8 Å². The van der Waals surface area contributed by atoms with E-state index in [-0.39, 0.29) is 5.78 Å². The van der Waals surface area contributed by atoms with E-state index < -0.39 is 0 Å². The number of H-pyrrole nitrogens is 1. The van der Waals surface area contributed by atoms with Crippen LogP contribution in [0.25, 0.3) is 11.0 Å². The number of nitrogens with zero attached hydrogens (tertiary/aromatic N) is 1. The van der Waals surface area contributed by atoms with Gasteiger partial charge in [-0.3, -0.25) is 4.79 Å². The molecule has 16 heavy (non-hydrogen) atoms. The highest BCUT2D eigenvalue weighted by Gasteiger charge is 2.14. The largest absolute Gasteiger partial charge is 0.472 e. The van der Waals surface area contributed by atoms with Crippen LogP contribution in [-0.2, 0) is 0 Å². The Morgan fingerprint density at radius 1 is 1.38 bits per heavy atom. The summed E-state index contributed by atoms with van der Waals surface area (Å²) in [5.41, 5.74) is 1.88. The molecule has 0 aliphatic rings. The molecule has 0 amide bonds. The molecule has 0 bridgehead atoms. The van der Waals surface area contributed by atoms with Gasteiger partial charge in [-0.15, -0.1) is 0 Å². The van der Waals surface area contributed by atoms with E-state index in [0.717, 1.165) is 5.39 Å². The standard InChI is InChI=1S/C12H8N2O2/c15-11(8-3-5-16-7-8)10-6-14-12-9(10)2-1-4-13-12/h1-7H,(H,13,14). The fourth-order valence-corrected chi connectivity index (χ4v) is 1.69. The van der Waals surface area contributed by atoms with Gasteiger partial charge in [0.05, 0.1) is 11.8 Å². The predicted molar refractivity (Wildman–Crippen MR) is 58.2 cm³/mol. The number of hydrogen-bond donors (Lipinski definition) is 1. The zero-order chi connectivity index (χ0) is 11.0. The smallest absolute Gasteiger partial charge is 0.198 e. The molecule has 3 rings (SSSR count). The van der Waals surface area contributed by atoms with Gasteiger partial charge in [0.2, 0.25) is 0 Å². The van der Waals surface area contributed by atoms with Crippen LogP contribution >= 0.6 is 0 Å². The molecule has 1 N–H and O–H groups in total. The second-order valence-corrected chi connectivity index (χ2v) is 3.44. The Labute approximate surface area is 90.9 Å². The Morgan fingerprint density at radius 3 is 3.12 bits per heavy atom. The van der Waals surface area contributed by atoms with Gasteiger partial charge in [-0.05, 0) is 18.2 Å². The zero-order valence-electron chi connectivity index (χ0n) is 8.31. The first kappa shape index (κ1) is 8.91. The van der Waals surface area contributed by atoms with Crippen molar-refractivity contribution in [3.05, 3.63) is 54.2 Å². The number of hydrogen-bond acceptors (Lipinski definition) is 3. The van der Waals surface area contributed by atoms with Crippen molar-refractivity contribution < 1.29 is 9.21 Å². The Morgan fingerprint density at radius 2 is 2.31 bits per heavy atom. The molecule has 0 aliphatic heterocycles. The molecule has 0 spiro atoms. The molecule has 3 heterocycles. The van der Waals surface area contributed by atoms with Crippen LogP contribution < -0.4 is 0 Å². The fraction of sp³-hybridized carbons (Fsp3) is 0. The van der Waals surface area contributed by atoms with E-state index in [9.17, 15) is 4.79 Å². The molecule has 0 unspecified atom stereocenters. The molecule has 0 saturated heterocycles. The summed E-state index contributed by atoms with van der Waals surface area (Å²) in [4.78, 5) is 19.2. The van der Waals surface area contributed by atoms with E-state index in [0.29, 0.717) is 16.8 Å². The highest BCUT2D eigenvalue weighted by atomic mass is 16.3. The van der Waals surface area contributed by atoms with Crippen LogP contribution in [0.3, 0.4) is 0 Å². The van der Waals surface area contributed by atoms with Gasteiger partial charge < -0.3 is 9.40 Å². The average molecular weight is 212 g/mol. The van der Waals surface area contributed by atoms with Gasteiger partial charge in [-0.25, -0.2) is 4.98 Å². The average Bonchev–Trinajstić information content (AvgIpc) is 2.98. The maximum atomic E-state index is 12.1. The van der Waals surface area contributed by atoms with Crippen LogP contribution in [0, 0.1) is 0 Å². The van der Waals surface area contributed by atoms with Crippen LogP contribution in [-0.4, -0.2) is 15.8 Å². The number of aromatic nitrogens is 2. The predicted octanol–water partition coefficient (Wildman–Crippen LogP) is 2.39. The van der Waals surface area contributed by atoms with Gasteiger partial charge >= 0.3 is 0 Å². The van der Waals surface area contributed by atoms with E-state index in [2.05, 4.69) is 9.97 Å². The van der Waals surface area contributed by atoms with E-state index >= 15 is 0 Å². The van der Waals surface area contributed by atoms with E-state index in [1.54, 1.807) is 18.5 Å². The molecule has 3 aromatic rings. The number of aromatic amines is 1. The highest BCUT2D eigenvalue weighted by Crippen LogP contribution is 2.19. The minimum atomic E-state index is -0.0620. The number of carbonyl (C=O) groups excluding carboxylic acids is 1. The number of nitrogens with one attached hydrogen (secondary N) is 1. The molecule has 3 aromatic heterocycles.